The Morgan fingerprint density at radius 1 is 1.00 bits per heavy atom. The van der Waals surface area contributed by atoms with Crippen LogP contribution in [0.15, 0.2) is 71.6 Å². The van der Waals surface area contributed by atoms with E-state index >= 15 is 0 Å². The Morgan fingerprint density at radius 3 is 2.42 bits per heavy atom. The monoisotopic (exact) mass is 451 g/mol. The van der Waals surface area contributed by atoms with Crippen LogP contribution in [0.2, 0.25) is 0 Å². The minimum atomic E-state index is -0.711. The first-order valence-electron chi connectivity index (χ1n) is 10.8. The molecule has 1 atom stereocenters. The number of nitrogens with one attached hydrogen (secondary N) is 2. The van der Waals surface area contributed by atoms with Gasteiger partial charge in [-0.2, -0.15) is 0 Å². The molecule has 3 heterocycles. The van der Waals surface area contributed by atoms with E-state index in [-0.39, 0.29) is 24.9 Å². The van der Waals surface area contributed by atoms with Crippen LogP contribution in [0.3, 0.4) is 0 Å². The maximum absolute atomic E-state index is 13.2. The number of pyridine rings is 1. The van der Waals surface area contributed by atoms with Gasteiger partial charge in [-0.3, -0.25) is 19.5 Å². The SMILES string of the molecule is O=C(NCc1ccco1)C(=O)NC[C@H](c1cccnc1)N1CCN(c2ccc(F)cc2)CC1. The highest BCUT2D eigenvalue weighted by molar-refractivity contribution is 6.35. The summed E-state index contributed by atoms with van der Waals surface area (Å²) < 4.78 is 18.4. The zero-order chi connectivity index (χ0) is 23.0. The number of anilines is 1. The zero-order valence-corrected chi connectivity index (χ0v) is 18.1. The Kier molecular flexibility index (Phi) is 7.31. The van der Waals surface area contributed by atoms with Gasteiger partial charge in [0.05, 0.1) is 18.8 Å². The number of furan rings is 1. The molecule has 0 radical (unpaired) electrons. The van der Waals surface area contributed by atoms with Crippen molar-refractivity contribution in [2.24, 2.45) is 0 Å². The summed E-state index contributed by atoms with van der Waals surface area (Å²) in [7, 11) is 0. The molecule has 4 rings (SSSR count). The molecule has 0 spiro atoms. The van der Waals surface area contributed by atoms with Crippen molar-refractivity contribution in [3.05, 3.63) is 84.3 Å². The maximum atomic E-state index is 13.2. The van der Waals surface area contributed by atoms with Crippen LogP contribution in [0.1, 0.15) is 17.4 Å². The van der Waals surface area contributed by atoms with Crippen molar-refractivity contribution in [2.45, 2.75) is 12.6 Å². The number of piperazine rings is 1. The second-order valence-electron chi connectivity index (χ2n) is 7.77. The number of aromatic nitrogens is 1. The summed E-state index contributed by atoms with van der Waals surface area (Å²) in [4.78, 5) is 33.2. The molecule has 8 nitrogen and oxygen atoms in total. The third-order valence-electron chi connectivity index (χ3n) is 5.68. The minimum Gasteiger partial charge on any atom is -0.467 e. The molecule has 2 N–H and O–H groups in total. The lowest BCUT2D eigenvalue weighted by molar-refractivity contribution is -0.139. The predicted molar refractivity (Wildman–Crippen MR) is 121 cm³/mol. The molecule has 9 heteroatoms. The van der Waals surface area contributed by atoms with Crippen LogP contribution in [0.5, 0.6) is 0 Å². The lowest BCUT2D eigenvalue weighted by Gasteiger charge is -2.40. The van der Waals surface area contributed by atoms with E-state index in [1.165, 1.54) is 18.4 Å². The van der Waals surface area contributed by atoms with Gasteiger partial charge >= 0.3 is 11.8 Å². The van der Waals surface area contributed by atoms with Crippen molar-refractivity contribution in [3.8, 4) is 0 Å². The third kappa shape index (κ3) is 5.95. The van der Waals surface area contributed by atoms with E-state index in [2.05, 4.69) is 25.4 Å². The lowest BCUT2D eigenvalue weighted by atomic mass is 10.1. The molecular formula is C24H26FN5O3. The quantitative estimate of drug-likeness (QED) is 0.535. The molecule has 1 aliphatic heterocycles. The van der Waals surface area contributed by atoms with Crippen molar-refractivity contribution in [2.75, 3.05) is 37.6 Å². The second-order valence-corrected chi connectivity index (χ2v) is 7.77. The lowest BCUT2D eigenvalue weighted by Crippen LogP contribution is -2.50. The van der Waals surface area contributed by atoms with Crippen molar-refractivity contribution in [1.82, 2.24) is 20.5 Å². The smallest absolute Gasteiger partial charge is 0.309 e. The molecule has 172 valence electrons. The summed E-state index contributed by atoms with van der Waals surface area (Å²) in [6.45, 7) is 3.45. The Morgan fingerprint density at radius 2 is 1.76 bits per heavy atom. The second kappa shape index (κ2) is 10.7. The van der Waals surface area contributed by atoms with E-state index in [1.807, 2.05) is 12.1 Å². The topological polar surface area (TPSA) is 90.7 Å². The van der Waals surface area contributed by atoms with Crippen LogP contribution in [0, 0.1) is 5.82 Å². The van der Waals surface area contributed by atoms with Crippen LogP contribution in [0.4, 0.5) is 10.1 Å². The number of hydrogen-bond donors (Lipinski definition) is 2. The first-order valence-corrected chi connectivity index (χ1v) is 10.8. The number of hydrogen-bond acceptors (Lipinski definition) is 6. The van der Waals surface area contributed by atoms with Gasteiger partial charge in [0.1, 0.15) is 11.6 Å². The largest absolute Gasteiger partial charge is 0.467 e. The Balaban J connectivity index is 1.35. The molecule has 1 aliphatic rings. The highest BCUT2D eigenvalue weighted by atomic mass is 19.1. The molecule has 0 aliphatic carbocycles. The van der Waals surface area contributed by atoms with Gasteiger partial charge in [-0.25, -0.2) is 4.39 Å². The van der Waals surface area contributed by atoms with Gasteiger partial charge in [0.15, 0.2) is 0 Å². The molecule has 1 fully saturated rings. The van der Waals surface area contributed by atoms with Gasteiger partial charge in [0, 0.05) is 50.8 Å². The summed E-state index contributed by atoms with van der Waals surface area (Å²) in [6, 6.07) is 13.6. The Hall–Kier alpha value is -3.72. The summed E-state index contributed by atoms with van der Waals surface area (Å²) >= 11 is 0. The number of carbonyl (C=O) groups is 2. The number of benzene rings is 1. The van der Waals surface area contributed by atoms with Crippen molar-refractivity contribution in [3.63, 3.8) is 0 Å². The van der Waals surface area contributed by atoms with Crippen LogP contribution >= 0.6 is 0 Å². The fraction of sp³-hybridized carbons (Fsp3) is 0.292. The van der Waals surface area contributed by atoms with Gasteiger partial charge in [0.25, 0.3) is 0 Å². The first-order chi connectivity index (χ1) is 16.1. The first kappa shape index (κ1) is 22.5. The molecule has 33 heavy (non-hydrogen) atoms. The normalized spacial score (nSPS) is 15.1. The molecule has 1 saturated heterocycles. The van der Waals surface area contributed by atoms with E-state index in [0.717, 1.165) is 37.4 Å². The van der Waals surface area contributed by atoms with Crippen molar-refractivity contribution >= 4 is 17.5 Å². The number of halogens is 1. The van der Waals surface area contributed by atoms with E-state index in [0.29, 0.717) is 5.76 Å². The van der Waals surface area contributed by atoms with Crippen LogP contribution < -0.4 is 15.5 Å². The summed E-state index contributed by atoms with van der Waals surface area (Å²) in [5.41, 5.74) is 1.94. The van der Waals surface area contributed by atoms with Crippen molar-refractivity contribution < 1.29 is 18.4 Å². The van der Waals surface area contributed by atoms with E-state index in [9.17, 15) is 14.0 Å². The molecule has 2 aromatic heterocycles. The number of amides is 2. The average molecular weight is 452 g/mol. The maximum Gasteiger partial charge on any atom is 0.309 e. The predicted octanol–water partition coefficient (Wildman–Crippen LogP) is 2.11. The van der Waals surface area contributed by atoms with Crippen LogP contribution in [-0.4, -0.2) is 54.4 Å². The molecule has 2 amide bonds. The Labute approximate surface area is 191 Å². The number of rotatable bonds is 7. The number of carbonyl (C=O) groups excluding carboxylic acids is 2. The zero-order valence-electron chi connectivity index (χ0n) is 18.1. The van der Waals surface area contributed by atoms with E-state index < -0.39 is 11.8 Å². The number of nitrogens with zero attached hydrogens (tertiary/aromatic N) is 3. The summed E-state index contributed by atoms with van der Waals surface area (Å²) in [6.07, 6.45) is 4.99. The third-order valence-corrected chi connectivity index (χ3v) is 5.68. The summed E-state index contributed by atoms with van der Waals surface area (Å²) in [5, 5.41) is 5.30. The van der Waals surface area contributed by atoms with Gasteiger partial charge in [0.2, 0.25) is 0 Å². The highest BCUT2D eigenvalue weighted by Crippen LogP contribution is 2.23. The van der Waals surface area contributed by atoms with Gasteiger partial charge < -0.3 is 20.0 Å². The molecule has 0 saturated carbocycles. The molecule has 0 unspecified atom stereocenters. The standard InChI is InChI=1S/C24H26FN5O3/c25-19-5-7-20(8-6-19)29-10-12-30(13-11-29)22(18-3-1-9-26-15-18)17-28-24(32)23(31)27-16-21-4-2-14-33-21/h1-9,14-15,22H,10-13,16-17H2,(H,27,31)(H,28,32)/t22-/m1/s1. The Bertz CT molecular complexity index is 1040. The highest BCUT2D eigenvalue weighted by Gasteiger charge is 2.27. The van der Waals surface area contributed by atoms with Gasteiger partial charge in [-0.05, 0) is 48.0 Å². The molecule has 3 aromatic rings. The van der Waals surface area contributed by atoms with E-state index in [4.69, 9.17) is 4.42 Å². The molecule has 0 bridgehead atoms. The van der Waals surface area contributed by atoms with Gasteiger partial charge in [-0.1, -0.05) is 6.07 Å². The van der Waals surface area contributed by atoms with Crippen LogP contribution in [0.25, 0.3) is 0 Å². The minimum absolute atomic E-state index is 0.129. The fourth-order valence-corrected chi connectivity index (χ4v) is 3.91. The van der Waals surface area contributed by atoms with Crippen molar-refractivity contribution in [1.29, 1.82) is 0 Å². The summed E-state index contributed by atoms with van der Waals surface area (Å²) in [5.74, 6) is -1.08. The molecular weight excluding hydrogens is 425 g/mol. The van der Waals surface area contributed by atoms with E-state index in [1.54, 1.807) is 36.7 Å². The fourth-order valence-electron chi connectivity index (χ4n) is 3.91. The average Bonchev–Trinajstić information content (AvgIpc) is 3.38. The van der Waals surface area contributed by atoms with Gasteiger partial charge in [-0.15, -0.1) is 0 Å². The van der Waals surface area contributed by atoms with Crippen LogP contribution in [-0.2, 0) is 16.1 Å². The molecule has 1 aromatic carbocycles.